The molecule has 0 unspecified atom stereocenters. The molecule has 1 fully saturated rings. The molecule has 132 valence electrons. The van der Waals surface area contributed by atoms with Gasteiger partial charge in [0.2, 0.25) is 0 Å². The van der Waals surface area contributed by atoms with Gasteiger partial charge in [-0.25, -0.2) is 9.78 Å². The summed E-state index contributed by atoms with van der Waals surface area (Å²) >= 11 is 0. The molecule has 1 atom stereocenters. The van der Waals surface area contributed by atoms with E-state index in [1.54, 1.807) is 6.20 Å². The summed E-state index contributed by atoms with van der Waals surface area (Å²) in [5, 5.41) is 6.01. The second-order valence-corrected chi connectivity index (χ2v) is 6.47. The third kappa shape index (κ3) is 4.41. The van der Waals surface area contributed by atoms with Gasteiger partial charge in [0.05, 0.1) is 0 Å². The van der Waals surface area contributed by atoms with Crippen LogP contribution in [0.2, 0.25) is 0 Å². The molecule has 1 aromatic carbocycles. The number of hydrogen-bond donors (Lipinski definition) is 2. The number of hydrogen-bond acceptors (Lipinski definition) is 4. The molecule has 1 saturated heterocycles. The molecule has 2 amide bonds. The Kier molecular flexibility index (Phi) is 5.38. The Bertz CT molecular complexity index is 704. The summed E-state index contributed by atoms with van der Waals surface area (Å²) in [5.41, 5.74) is 2.21. The average Bonchev–Trinajstić information content (AvgIpc) is 3.09. The average molecular weight is 339 g/mol. The quantitative estimate of drug-likeness (QED) is 0.877. The van der Waals surface area contributed by atoms with Gasteiger partial charge < -0.3 is 20.4 Å². The van der Waals surface area contributed by atoms with Crippen molar-refractivity contribution >= 4 is 17.5 Å². The summed E-state index contributed by atoms with van der Waals surface area (Å²) in [6.45, 7) is 2.26. The Balaban J connectivity index is 1.49. The molecule has 25 heavy (non-hydrogen) atoms. The molecule has 2 N–H and O–H groups in total. The number of aromatic nitrogens is 1. The van der Waals surface area contributed by atoms with Crippen molar-refractivity contribution in [3.8, 4) is 0 Å². The molecule has 1 aliphatic rings. The molecule has 0 aliphatic carbocycles. The highest BCUT2D eigenvalue weighted by atomic mass is 16.2. The van der Waals surface area contributed by atoms with E-state index in [0.717, 1.165) is 30.9 Å². The van der Waals surface area contributed by atoms with Crippen molar-refractivity contribution in [1.82, 2.24) is 15.6 Å². The van der Waals surface area contributed by atoms with Crippen LogP contribution in [-0.4, -0.2) is 44.2 Å². The van der Waals surface area contributed by atoms with Crippen LogP contribution in [0.25, 0.3) is 0 Å². The highest BCUT2D eigenvalue weighted by Gasteiger charge is 2.23. The monoisotopic (exact) mass is 339 g/mol. The Labute approximate surface area is 148 Å². The van der Waals surface area contributed by atoms with Gasteiger partial charge in [0.25, 0.3) is 0 Å². The van der Waals surface area contributed by atoms with E-state index in [2.05, 4.69) is 32.7 Å². The largest absolute Gasteiger partial charge is 0.369 e. The first kappa shape index (κ1) is 17.1. The fourth-order valence-corrected chi connectivity index (χ4v) is 3.13. The van der Waals surface area contributed by atoms with Gasteiger partial charge in [0, 0.05) is 57.2 Å². The van der Waals surface area contributed by atoms with Crippen molar-refractivity contribution in [3.05, 3.63) is 54.2 Å². The van der Waals surface area contributed by atoms with Crippen molar-refractivity contribution in [2.45, 2.75) is 19.0 Å². The second-order valence-electron chi connectivity index (χ2n) is 6.47. The molecular formula is C19H25N5O. The van der Waals surface area contributed by atoms with Gasteiger partial charge in [-0.15, -0.1) is 0 Å². The Morgan fingerprint density at radius 2 is 2.04 bits per heavy atom. The first-order chi connectivity index (χ1) is 12.1. The van der Waals surface area contributed by atoms with Gasteiger partial charge in [-0.05, 0) is 24.6 Å². The first-order valence-electron chi connectivity index (χ1n) is 8.59. The zero-order valence-electron chi connectivity index (χ0n) is 14.8. The predicted molar refractivity (Wildman–Crippen MR) is 101 cm³/mol. The SMILES string of the molecule is CN(C)c1ncccc1CNC(=O)N[C@@H]1CCN(c2ccccc2)C1. The molecule has 6 nitrogen and oxygen atoms in total. The maximum Gasteiger partial charge on any atom is 0.315 e. The number of carbonyl (C=O) groups is 1. The second kappa shape index (κ2) is 7.88. The number of urea groups is 1. The number of anilines is 2. The molecule has 3 rings (SSSR count). The summed E-state index contributed by atoms with van der Waals surface area (Å²) in [4.78, 5) is 20.8. The van der Waals surface area contributed by atoms with Gasteiger partial charge in [0.15, 0.2) is 0 Å². The van der Waals surface area contributed by atoms with Crippen LogP contribution in [0.5, 0.6) is 0 Å². The molecule has 0 bridgehead atoms. The Morgan fingerprint density at radius 3 is 2.80 bits per heavy atom. The third-order valence-corrected chi connectivity index (χ3v) is 4.38. The van der Waals surface area contributed by atoms with Crippen LogP contribution in [0.1, 0.15) is 12.0 Å². The van der Waals surface area contributed by atoms with E-state index in [9.17, 15) is 4.79 Å². The summed E-state index contributed by atoms with van der Waals surface area (Å²) in [6.07, 6.45) is 2.72. The number of pyridine rings is 1. The Morgan fingerprint density at radius 1 is 1.24 bits per heavy atom. The molecule has 1 aliphatic heterocycles. The van der Waals surface area contributed by atoms with Crippen LogP contribution in [0, 0.1) is 0 Å². The molecule has 0 saturated carbocycles. The number of amides is 2. The highest BCUT2D eigenvalue weighted by Crippen LogP contribution is 2.19. The predicted octanol–water partition coefficient (Wildman–Crippen LogP) is 2.23. The summed E-state index contributed by atoms with van der Waals surface area (Å²) in [6, 6.07) is 14.2. The van der Waals surface area contributed by atoms with Gasteiger partial charge in [-0.1, -0.05) is 24.3 Å². The lowest BCUT2D eigenvalue weighted by atomic mass is 10.2. The van der Waals surface area contributed by atoms with E-state index >= 15 is 0 Å². The van der Waals surface area contributed by atoms with E-state index in [4.69, 9.17) is 0 Å². The minimum Gasteiger partial charge on any atom is -0.369 e. The standard InChI is InChI=1S/C19H25N5O/c1-23(2)18-15(7-6-11-20-18)13-21-19(25)22-16-10-12-24(14-16)17-8-4-3-5-9-17/h3-9,11,16H,10,12-14H2,1-2H3,(H2,21,22,25)/t16-/m1/s1. The van der Waals surface area contributed by atoms with Gasteiger partial charge >= 0.3 is 6.03 Å². The van der Waals surface area contributed by atoms with Gasteiger partial charge in [-0.3, -0.25) is 0 Å². The van der Waals surface area contributed by atoms with E-state index in [-0.39, 0.29) is 12.1 Å². The van der Waals surface area contributed by atoms with E-state index in [1.165, 1.54) is 5.69 Å². The summed E-state index contributed by atoms with van der Waals surface area (Å²) in [5.74, 6) is 0.874. The summed E-state index contributed by atoms with van der Waals surface area (Å²) < 4.78 is 0. The molecule has 6 heteroatoms. The van der Waals surface area contributed by atoms with Crippen LogP contribution in [-0.2, 0) is 6.54 Å². The lowest BCUT2D eigenvalue weighted by Gasteiger charge is -2.19. The van der Waals surface area contributed by atoms with Crippen molar-refractivity contribution in [2.75, 3.05) is 37.0 Å². The van der Waals surface area contributed by atoms with Crippen LogP contribution >= 0.6 is 0 Å². The van der Waals surface area contributed by atoms with Crippen molar-refractivity contribution in [2.24, 2.45) is 0 Å². The minimum absolute atomic E-state index is 0.131. The number of rotatable bonds is 5. The fraction of sp³-hybridized carbons (Fsp3) is 0.368. The third-order valence-electron chi connectivity index (χ3n) is 4.38. The molecular weight excluding hydrogens is 314 g/mol. The van der Waals surface area contributed by atoms with E-state index in [1.807, 2.05) is 49.3 Å². The van der Waals surface area contributed by atoms with E-state index in [0.29, 0.717) is 6.54 Å². The number of carbonyl (C=O) groups excluding carboxylic acids is 1. The lowest BCUT2D eigenvalue weighted by Crippen LogP contribution is -2.43. The van der Waals surface area contributed by atoms with Crippen molar-refractivity contribution < 1.29 is 4.79 Å². The maximum absolute atomic E-state index is 12.2. The van der Waals surface area contributed by atoms with Crippen LogP contribution in [0.3, 0.4) is 0 Å². The van der Waals surface area contributed by atoms with Crippen molar-refractivity contribution in [3.63, 3.8) is 0 Å². The normalized spacial score (nSPS) is 16.6. The van der Waals surface area contributed by atoms with Gasteiger partial charge in [0.1, 0.15) is 5.82 Å². The summed E-state index contributed by atoms with van der Waals surface area (Å²) in [7, 11) is 3.89. The first-order valence-corrected chi connectivity index (χ1v) is 8.59. The molecule has 0 spiro atoms. The molecule has 1 aromatic heterocycles. The smallest absolute Gasteiger partial charge is 0.315 e. The van der Waals surface area contributed by atoms with Crippen LogP contribution in [0.4, 0.5) is 16.3 Å². The molecule has 0 radical (unpaired) electrons. The van der Waals surface area contributed by atoms with Crippen LogP contribution in [0.15, 0.2) is 48.7 Å². The topological polar surface area (TPSA) is 60.5 Å². The zero-order chi connectivity index (χ0) is 17.6. The number of benzene rings is 1. The van der Waals surface area contributed by atoms with Crippen LogP contribution < -0.4 is 20.4 Å². The minimum atomic E-state index is -0.131. The lowest BCUT2D eigenvalue weighted by molar-refractivity contribution is 0.237. The Hall–Kier alpha value is -2.76. The number of nitrogens with one attached hydrogen (secondary N) is 2. The number of nitrogens with zero attached hydrogens (tertiary/aromatic N) is 3. The maximum atomic E-state index is 12.2. The fourth-order valence-electron chi connectivity index (χ4n) is 3.13. The molecule has 2 aromatic rings. The van der Waals surface area contributed by atoms with Gasteiger partial charge in [-0.2, -0.15) is 0 Å². The highest BCUT2D eigenvalue weighted by molar-refractivity contribution is 5.74. The zero-order valence-corrected chi connectivity index (χ0v) is 14.8. The molecule has 2 heterocycles. The van der Waals surface area contributed by atoms with Crippen molar-refractivity contribution in [1.29, 1.82) is 0 Å². The van der Waals surface area contributed by atoms with E-state index < -0.39 is 0 Å². The number of para-hydroxylation sites is 1.